The lowest BCUT2D eigenvalue weighted by atomic mass is 10.2. The number of carbonyl (C=O) groups is 1. The van der Waals surface area contributed by atoms with E-state index in [1.165, 1.54) is 23.5 Å². The normalized spacial score (nSPS) is 10.5. The Balaban J connectivity index is 2.14. The first-order chi connectivity index (χ1) is 8.97. The van der Waals surface area contributed by atoms with E-state index in [1.54, 1.807) is 12.1 Å². The highest BCUT2D eigenvalue weighted by molar-refractivity contribution is 9.10. The van der Waals surface area contributed by atoms with E-state index in [9.17, 15) is 9.18 Å². The van der Waals surface area contributed by atoms with Crippen LogP contribution >= 0.6 is 27.3 Å². The second kappa shape index (κ2) is 5.71. The van der Waals surface area contributed by atoms with Gasteiger partial charge in [-0.15, -0.1) is 11.3 Å². The van der Waals surface area contributed by atoms with Crippen molar-refractivity contribution >= 4 is 33.2 Å². The molecule has 3 nitrogen and oxygen atoms in total. The molecule has 6 heteroatoms. The Morgan fingerprint density at radius 2 is 2.21 bits per heavy atom. The molecular weight excluding hydrogens is 335 g/mol. The minimum absolute atomic E-state index is 0.206. The van der Waals surface area contributed by atoms with Crippen molar-refractivity contribution in [2.24, 2.45) is 0 Å². The number of aryl methyl sites for hydroxylation is 1. The summed E-state index contributed by atoms with van der Waals surface area (Å²) in [5, 5.41) is 8.90. The zero-order valence-corrected chi connectivity index (χ0v) is 12.3. The van der Waals surface area contributed by atoms with Crippen LogP contribution in [0.4, 0.5) is 4.39 Å². The van der Waals surface area contributed by atoms with Crippen LogP contribution in [0.3, 0.4) is 0 Å². The Labute approximate surface area is 121 Å². The summed E-state index contributed by atoms with van der Waals surface area (Å²) in [6, 6.07) is 5.75. The molecule has 1 aromatic heterocycles. The van der Waals surface area contributed by atoms with Crippen molar-refractivity contribution in [3.05, 3.63) is 49.9 Å². The number of hydrogen-bond donors (Lipinski definition) is 1. The van der Waals surface area contributed by atoms with Gasteiger partial charge in [0.15, 0.2) is 0 Å². The molecule has 1 heterocycles. The summed E-state index contributed by atoms with van der Waals surface area (Å²) in [6.45, 7) is 2.04. The van der Waals surface area contributed by atoms with Crippen molar-refractivity contribution in [1.82, 2.24) is 0 Å². The predicted octanol–water partition coefficient (Wildman–Crippen LogP) is 4.24. The van der Waals surface area contributed by atoms with E-state index in [0.29, 0.717) is 10.2 Å². The van der Waals surface area contributed by atoms with Gasteiger partial charge in [0.2, 0.25) is 0 Å². The van der Waals surface area contributed by atoms with E-state index >= 15 is 0 Å². The molecule has 0 bridgehead atoms. The van der Waals surface area contributed by atoms with Crippen LogP contribution in [-0.4, -0.2) is 11.1 Å². The van der Waals surface area contributed by atoms with Crippen LogP contribution < -0.4 is 4.74 Å². The predicted molar refractivity (Wildman–Crippen MR) is 74.4 cm³/mol. The average Bonchev–Trinajstić information content (AvgIpc) is 2.72. The lowest BCUT2D eigenvalue weighted by Gasteiger charge is -2.07. The summed E-state index contributed by atoms with van der Waals surface area (Å²) in [4.78, 5) is 12.0. The Bertz CT molecular complexity index is 624. The maximum absolute atomic E-state index is 13.1. The Hall–Kier alpha value is -1.40. The molecule has 2 aromatic rings. The third-order valence-corrected chi connectivity index (χ3v) is 4.24. The van der Waals surface area contributed by atoms with E-state index < -0.39 is 5.97 Å². The minimum atomic E-state index is -0.953. The summed E-state index contributed by atoms with van der Waals surface area (Å²) in [6.07, 6.45) is 0. The van der Waals surface area contributed by atoms with Crippen LogP contribution in [0.15, 0.2) is 28.7 Å². The maximum atomic E-state index is 13.1. The number of thiophene rings is 1. The van der Waals surface area contributed by atoms with E-state index in [2.05, 4.69) is 15.9 Å². The molecule has 0 fully saturated rings. The van der Waals surface area contributed by atoms with Gasteiger partial charge in [-0.1, -0.05) is 0 Å². The van der Waals surface area contributed by atoms with E-state index in [1.807, 2.05) is 6.92 Å². The van der Waals surface area contributed by atoms with Crippen LogP contribution in [-0.2, 0) is 6.61 Å². The highest BCUT2D eigenvalue weighted by atomic mass is 79.9. The van der Waals surface area contributed by atoms with Crippen molar-refractivity contribution in [1.29, 1.82) is 0 Å². The number of aromatic carboxylic acids is 1. The fourth-order valence-electron chi connectivity index (χ4n) is 1.51. The van der Waals surface area contributed by atoms with E-state index in [-0.39, 0.29) is 17.3 Å². The van der Waals surface area contributed by atoms with Crippen LogP contribution in [0.5, 0.6) is 5.75 Å². The second-order valence-corrected chi connectivity index (χ2v) is 5.97. The molecule has 0 atom stereocenters. The quantitative estimate of drug-likeness (QED) is 0.902. The zero-order chi connectivity index (χ0) is 14.0. The van der Waals surface area contributed by atoms with Crippen molar-refractivity contribution in [2.75, 3.05) is 0 Å². The van der Waals surface area contributed by atoms with Crippen LogP contribution in [0.25, 0.3) is 0 Å². The van der Waals surface area contributed by atoms with Gasteiger partial charge >= 0.3 is 5.97 Å². The number of carboxylic acid groups (broad SMARTS) is 1. The number of carboxylic acids is 1. The molecule has 1 aromatic carbocycles. The third kappa shape index (κ3) is 3.33. The zero-order valence-electron chi connectivity index (χ0n) is 9.94. The molecule has 19 heavy (non-hydrogen) atoms. The van der Waals surface area contributed by atoms with Crippen molar-refractivity contribution in [3.63, 3.8) is 0 Å². The molecule has 100 valence electrons. The monoisotopic (exact) mass is 344 g/mol. The molecule has 0 aliphatic heterocycles. The minimum Gasteiger partial charge on any atom is -0.488 e. The van der Waals surface area contributed by atoms with Gasteiger partial charge in [-0.25, -0.2) is 9.18 Å². The molecular formula is C13H10BrFO3S. The molecule has 0 saturated heterocycles. The average molecular weight is 345 g/mol. The number of ether oxygens (including phenoxy) is 1. The molecule has 0 radical (unpaired) electrons. The molecule has 0 aliphatic rings. The van der Waals surface area contributed by atoms with Gasteiger partial charge in [0.1, 0.15) is 23.1 Å². The van der Waals surface area contributed by atoms with Crippen molar-refractivity contribution in [2.45, 2.75) is 13.5 Å². The molecule has 1 N–H and O–H groups in total. The standard InChI is InChI=1S/C13H10BrFO3S/c1-7-8(4-12(19-7)13(16)17)6-18-11-5-9(15)2-3-10(11)14/h2-5H,6H2,1H3,(H,16,17). The van der Waals surface area contributed by atoms with Gasteiger partial charge < -0.3 is 9.84 Å². The van der Waals surface area contributed by atoms with Gasteiger partial charge in [0.05, 0.1) is 4.47 Å². The lowest BCUT2D eigenvalue weighted by Crippen LogP contribution is -1.97. The first-order valence-electron chi connectivity index (χ1n) is 5.38. The third-order valence-electron chi connectivity index (χ3n) is 2.51. The molecule has 0 unspecified atom stereocenters. The number of benzene rings is 1. The largest absolute Gasteiger partial charge is 0.488 e. The number of halogens is 2. The van der Waals surface area contributed by atoms with Crippen LogP contribution in [0.2, 0.25) is 0 Å². The number of hydrogen-bond acceptors (Lipinski definition) is 3. The summed E-state index contributed by atoms with van der Waals surface area (Å²) in [5.74, 6) is -0.944. The highest BCUT2D eigenvalue weighted by Crippen LogP contribution is 2.28. The van der Waals surface area contributed by atoms with Crippen molar-refractivity contribution in [3.8, 4) is 5.75 Å². The van der Waals surface area contributed by atoms with Gasteiger partial charge in [-0.05, 0) is 41.1 Å². The Morgan fingerprint density at radius 3 is 2.84 bits per heavy atom. The van der Waals surface area contributed by atoms with E-state index in [4.69, 9.17) is 9.84 Å². The van der Waals surface area contributed by atoms with Crippen LogP contribution in [0, 0.1) is 12.7 Å². The fraction of sp³-hybridized carbons (Fsp3) is 0.154. The molecule has 0 spiro atoms. The van der Waals surface area contributed by atoms with Gasteiger partial charge in [-0.3, -0.25) is 0 Å². The molecule has 0 saturated carbocycles. The summed E-state index contributed by atoms with van der Waals surface area (Å²) in [5.41, 5.74) is 0.790. The number of rotatable bonds is 4. The van der Waals surface area contributed by atoms with E-state index in [0.717, 1.165) is 10.4 Å². The fourth-order valence-corrected chi connectivity index (χ4v) is 2.74. The Morgan fingerprint density at radius 1 is 1.47 bits per heavy atom. The molecule has 0 amide bonds. The molecule has 0 aliphatic carbocycles. The lowest BCUT2D eigenvalue weighted by molar-refractivity contribution is 0.0702. The summed E-state index contributed by atoms with van der Waals surface area (Å²) >= 11 is 4.47. The smallest absolute Gasteiger partial charge is 0.345 e. The van der Waals surface area contributed by atoms with Gasteiger partial charge in [0, 0.05) is 16.5 Å². The first kappa shape index (κ1) is 14.0. The Kier molecular flexibility index (Phi) is 4.21. The van der Waals surface area contributed by atoms with Gasteiger partial charge in [0.25, 0.3) is 0 Å². The first-order valence-corrected chi connectivity index (χ1v) is 6.99. The maximum Gasteiger partial charge on any atom is 0.345 e. The SMILES string of the molecule is Cc1sc(C(=O)O)cc1COc1cc(F)ccc1Br. The molecule has 2 rings (SSSR count). The highest BCUT2D eigenvalue weighted by Gasteiger charge is 2.12. The van der Waals surface area contributed by atoms with Crippen molar-refractivity contribution < 1.29 is 19.0 Å². The summed E-state index contributed by atoms with van der Waals surface area (Å²) < 4.78 is 19.2. The van der Waals surface area contributed by atoms with Crippen LogP contribution in [0.1, 0.15) is 20.1 Å². The second-order valence-electron chi connectivity index (χ2n) is 3.86. The van der Waals surface area contributed by atoms with Gasteiger partial charge in [-0.2, -0.15) is 0 Å². The summed E-state index contributed by atoms with van der Waals surface area (Å²) in [7, 11) is 0. The topological polar surface area (TPSA) is 46.5 Å².